The van der Waals surface area contributed by atoms with Crippen LogP contribution < -0.4 is 11.1 Å². The summed E-state index contributed by atoms with van der Waals surface area (Å²) in [5.41, 5.74) is 8.87. The molecule has 0 saturated heterocycles. The third kappa shape index (κ3) is 15.6. The maximum absolute atomic E-state index is 11.7. The highest BCUT2D eigenvalue weighted by atomic mass is 35.5. The zero-order chi connectivity index (χ0) is 29.4. The maximum atomic E-state index is 11.7. The fourth-order valence-corrected chi connectivity index (χ4v) is 3.45. The summed E-state index contributed by atoms with van der Waals surface area (Å²) >= 11 is 5.16. The molecule has 40 heavy (non-hydrogen) atoms. The van der Waals surface area contributed by atoms with Gasteiger partial charge in [0.1, 0.15) is 0 Å². The summed E-state index contributed by atoms with van der Waals surface area (Å²) in [4.78, 5) is 24.5. The molecule has 0 aromatic heterocycles. The molecular weight excluding hydrogens is 518 g/mol. The molecule has 6 heteroatoms. The van der Waals surface area contributed by atoms with E-state index in [0.29, 0.717) is 24.2 Å². The van der Waals surface area contributed by atoms with E-state index < -0.39 is 5.24 Å². The van der Waals surface area contributed by atoms with Crippen molar-refractivity contribution in [1.29, 1.82) is 0 Å². The first-order valence-electron chi connectivity index (χ1n) is 13.5. The molecular formula is C34H42ClN3O2. The first-order chi connectivity index (χ1) is 19.4. The summed E-state index contributed by atoms with van der Waals surface area (Å²) in [6.45, 7) is 11.3. The van der Waals surface area contributed by atoms with Crippen molar-refractivity contribution in [3.8, 4) is 0 Å². The Labute approximate surface area is 245 Å². The van der Waals surface area contributed by atoms with Gasteiger partial charge in [-0.25, -0.2) is 0 Å². The van der Waals surface area contributed by atoms with Gasteiger partial charge in [0, 0.05) is 24.2 Å². The lowest BCUT2D eigenvalue weighted by atomic mass is 10.2. The number of benzene rings is 4. The topological polar surface area (TPSA) is 75.4 Å². The SMILES string of the molecule is CCN(CC)CC.NCc1ccccc1.O=C(Cl)c1ccccc1.O=C(NCc1ccccc1)c1ccccc1. The predicted molar refractivity (Wildman–Crippen MR) is 168 cm³/mol. The molecule has 0 aliphatic heterocycles. The molecule has 0 radical (unpaired) electrons. The number of hydrogen-bond donors (Lipinski definition) is 2. The van der Waals surface area contributed by atoms with Crippen molar-refractivity contribution in [2.75, 3.05) is 19.6 Å². The van der Waals surface area contributed by atoms with Crippen molar-refractivity contribution in [2.45, 2.75) is 33.9 Å². The number of carbonyl (C=O) groups is 2. The Hall–Kier alpha value is -3.77. The van der Waals surface area contributed by atoms with Crippen LogP contribution in [0.25, 0.3) is 0 Å². The van der Waals surface area contributed by atoms with Gasteiger partial charge >= 0.3 is 0 Å². The van der Waals surface area contributed by atoms with Crippen LogP contribution in [0.4, 0.5) is 0 Å². The average molecular weight is 560 g/mol. The van der Waals surface area contributed by atoms with Gasteiger partial charge in [-0.3, -0.25) is 9.59 Å². The number of halogens is 1. The molecule has 0 saturated carbocycles. The zero-order valence-corrected chi connectivity index (χ0v) is 24.6. The van der Waals surface area contributed by atoms with E-state index in [0.717, 1.165) is 5.56 Å². The Morgan fingerprint density at radius 3 is 1.30 bits per heavy atom. The zero-order valence-electron chi connectivity index (χ0n) is 23.8. The van der Waals surface area contributed by atoms with Crippen LogP contribution >= 0.6 is 11.6 Å². The highest BCUT2D eigenvalue weighted by molar-refractivity contribution is 6.67. The molecule has 1 amide bonds. The molecule has 0 aliphatic rings. The van der Waals surface area contributed by atoms with Crippen LogP contribution in [-0.4, -0.2) is 35.7 Å². The Kier molecular flexibility index (Phi) is 18.9. The van der Waals surface area contributed by atoms with Crippen LogP contribution in [-0.2, 0) is 13.1 Å². The fraction of sp³-hybridized carbons (Fsp3) is 0.235. The summed E-state index contributed by atoms with van der Waals surface area (Å²) in [5.74, 6) is -0.0375. The molecule has 4 rings (SSSR count). The number of carbonyl (C=O) groups excluding carboxylic acids is 2. The van der Waals surface area contributed by atoms with Gasteiger partial charge < -0.3 is 16.0 Å². The summed E-state index contributed by atoms with van der Waals surface area (Å²) in [6.07, 6.45) is 0. The number of nitrogens with two attached hydrogens (primary N) is 1. The molecule has 0 atom stereocenters. The summed E-state index contributed by atoms with van der Waals surface area (Å²) in [7, 11) is 0. The van der Waals surface area contributed by atoms with Crippen molar-refractivity contribution in [2.24, 2.45) is 5.73 Å². The second-order valence-corrected chi connectivity index (χ2v) is 8.83. The fourth-order valence-electron chi connectivity index (χ4n) is 3.32. The number of amides is 1. The van der Waals surface area contributed by atoms with Gasteiger partial charge in [-0.05, 0) is 54.5 Å². The van der Waals surface area contributed by atoms with Crippen molar-refractivity contribution in [3.63, 3.8) is 0 Å². The van der Waals surface area contributed by atoms with Crippen molar-refractivity contribution in [1.82, 2.24) is 10.2 Å². The normalized spacial score (nSPS) is 9.55. The van der Waals surface area contributed by atoms with Gasteiger partial charge in [0.2, 0.25) is 0 Å². The van der Waals surface area contributed by atoms with E-state index in [2.05, 4.69) is 31.0 Å². The number of rotatable bonds is 8. The molecule has 0 unspecified atom stereocenters. The highest BCUT2D eigenvalue weighted by Crippen LogP contribution is 2.02. The lowest BCUT2D eigenvalue weighted by Gasteiger charge is -2.13. The summed E-state index contributed by atoms with van der Waals surface area (Å²) < 4.78 is 0. The number of nitrogens with one attached hydrogen (secondary N) is 1. The Morgan fingerprint density at radius 1 is 0.625 bits per heavy atom. The number of hydrogen-bond acceptors (Lipinski definition) is 4. The monoisotopic (exact) mass is 559 g/mol. The highest BCUT2D eigenvalue weighted by Gasteiger charge is 2.03. The Morgan fingerprint density at radius 2 is 1.00 bits per heavy atom. The standard InChI is InChI=1S/C14H13NO.C7H5ClO.C7H9N.C6H15N/c16-14(13-9-5-2-6-10-13)15-11-12-7-3-1-4-8-12;8-7(9)6-4-2-1-3-5-6;8-6-7-4-2-1-3-5-7;1-4-7(5-2)6-3/h1-10H,11H2,(H,15,16);1-5H;1-5H,6,8H2;4-6H2,1-3H3. The van der Waals surface area contributed by atoms with Gasteiger partial charge in [-0.15, -0.1) is 0 Å². The number of nitrogens with zero attached hydrogens (tertiary/aromatic N) is 1. The maximum Gasteiger partial charge on any atom is 0.252 e. The second kappa shape index (κ2) is 22.1. The third-order valence-corrected chi connectivity index (χ3v) is 5.97. The summed E-state index contributed by atoms with van der Waals surface area (Å²) in [5, 5.41) is 2.47. The van der Waals surface area contributed by atoms with Crippen molar-refractivity contribution < 1.29 is 9.59 Å². The van der Waals surface area contributed by atoms with Crippen molar-refractivity contribution in [3.05, 3.63) is 144 Å². The van der Waals surface area contributed by atoms with Gasteiger partial charge in [0.05, 0.1) is 0 Å². The molecule has 4 aromatic rings. The van der Waals surface area contributed by atoms with Crippen LogP contribution in [0.3, 0.4) is 0 Å². The van der Waals surface area contributed by atoms with E-state index in [4.69, 9.17) is 17.3 Å². The van der Waals surface area contributed by atoms with Crippen LogP contribution in [0.2, 0.25) is 0 Å². The average Bonchev–Trinajstić information content (AvgIpc) is 3.03. The Balaban J connectivity index is 0.000000286. The van der Waals surface area contributed by atoms with Crippen LogP contribution in [0, 0.1) is 0 Å². The quantitative estimate of drug-likeness (QED) is 0.224. The lowest BCUT2D eigenvalue weighted by Crippen LogP contribution is -2.22. The smallest absolute Gasteiger partial charge is 0.252 e. The predicted octanol–water partition coefficient (Wildman–Crippen LogP) is 7.18. The molecule has 0 aliphatic carbocycles. The van der Waals surface area contributed by atoms with E-state index >= 15 is 0 Å². The molecule has 3 N–H and O–H groups in total. The van der Waals surface area contributed by atoms with E-state index in [9.17, 15) is 9.59 Å². The first-order valence-corrected chi connectivity index (χ1v) is 13.9. The van der Waals surface area contributed by atoms with Crippen LogP contribution in [0.5, 0.6) is 0 Å². The lowest BCUT2D eigenvalue weighted by molar-refractivity contribution is 0.0950. The molecule has 0 spiro atoms. The van der Waals surface area contributed by atoms with Gasteiger partial charge in [0.25, 0.3) is 11.1 Å². The third-order valence-electron chi connectivity index (χ3n) is 5.75. The van der Waals surface area contributed by atoms with E-state index in [1.165, 1.54) is 25.2 Å². The molecule has 0 fully saturated rings. The molecule has 0 bridgehead atoms. The minimum absolute atomic E-state index is 0.0375. The van der Waals surface area contributed by atoms with Crippen LogP contribution in [0.15, 0.2) is 121 Å². The van der Waals surface area contributed by atoms with E-state index in [-0.39, 0.29) is 5.91 Å². The molecule has 4 aromatic carbocycles. The Bertz CT molecular complexity index is 1170. The molecule has 212 valence electrons. The van der Waals surface area contributed by atoms with Gasteiger partial charge in [-0.2, -0.15) is 0 Å². The summed E-state index contributed by atoms with van der Waals surface area (Å²) in [6, 6.07) is 37.8. The van der Waals surface area contributed by atoms with Gasteiger partial charge in [-0.1, -0.05) is 130 Å². The van der Waals surface area contributed by atoms with Crippen LogP contribution in [0.1, 0.15) is 52.6 Å². The van der Waals surface area contributed by atoms with E-state index in [1.807, 2.05) is 84.9 Å². The van der Waals surface area contributed by atoms with Crippen molar-refractivity contribution >= 4 is 22.8 Å². The minimum atomic E-state index is -0.407. The largest absolute Gasteiger partial charge is 0.348 e. The molecule has 5 nitrogen and oxygen atoms in total. The molecule has 0 heterocycles. The van der Waals surface area contributed by atoms with Gasteiger partial charge in [0.15, 0.2) is 0 Å². The first kappa shape index (κ1) is 34.3. The minimum Gasteiger partial charge on any atom is -0.348 e. The second-order valence-electron chi connectivity index (χ2n) is 8.48. The van der Waals surface area contributed by atoms with E-state index in [1.54, 1.807) is 36.4 Å².